The van der Waals surface area contributed by atoms with Crippen molar-refractivity contribution in [3.63, 3.8) is 0 Å². The molecular weight excluding hydrogens is 186 g/mol. The van der Waals surface area contributed by atoms with E-state index in [0.717, 1.165) is 22.2 Å². The summed E-state index contributed by atoms with van der Waals surface area (Å²) < 4.78 is 2.02. The van der Waals surface area contributed by atoms with Crippen molar-refractivity contribution >= 4 is 22.8 Å². The van der Waals surface area contributed by atoms with E-state index in [1.54, 1.807) is 12.4 Å². The van der Waals surface area contributed by atoms with E-state index in [-0.39, 0.29) is 0 Å². The summed E-state index contributed by atoms with van der Waals surface area (Å²) in [6, 6.07) is 6.06. The molecule has 1 aromatic carbocycles. The molecule has 0 amide bonds. The van der Waals surface area contributed by atoms with Crippen molar-refractivity contribution in [2.24, 2.45) is 0 Å². The van der Waals surface area contributed by atoms with Crippen LogP contribution in [-0.2, 0) is 0 Å². The lowest BCUT2D eigenvalue weighted by molar-refractivity contribution is 1.21. The largest absolute Gasteiger partial charge is 0.297 e. The molecule has 3 heteroatoms. The minimum atomic E-state index is 0.865. The third kappa shape index (κ3) is 1.13. The first kappa shape index (κ1) is 8.17. The van der Waals surface area contributed by atoms with Gasteiger partial charge in [-0.05, 0) is 17.7 Å². The molecule has 0 N–H and O–H groups in total. The Hall–Kier alpha value is -2.16. The maximum Gasteiger partial charge on any atom is 0.155 e. The highest BCUT2D eigenvalue weighted by Gasteiger charge is 2.01. The van der Waals surface area contributed by atoms with Crippen molar-refractivity contribution in [3.05, 3.63) is 48.9 Å². The molecule has 2 heterocycles. The molecule has 0 radical (unpaired) electrons. The van der Waals surface area contributed by atoms with Gasteiger partial charge in [-0.2, -0.15) is 0 Å². The van der Waals surface area contributed by atoms with Gasteiger partial charge in [-0.25, -0.2) is 4.98 Å². The summed E-state index contributed by atoms with van der Waals surface area (Å²) in [6.07, 6.45) is 7.31. The van der Waals surface area contributed by atoms with E-state index in [0.29, 0.717) is 0 Å². The first-order valence-electron chi connectivity index (χ1n) is 4.73. The fourth-order valence-electron chi connectivity index (χ4n) is 1.71. The minimum Gasteiger partial charge on any atom is -0.297 e. The number of imidazole rings is 1. The van der Waals surface area contributed by atoms with E-state index >= 15 is 0 Å². The molecule has 0 bridgehead atoms. The van der Waals surface area contributed by atoms with Crippen molar-refractivity contribution in [2.45, 2.75) is 0 Å². The van der Waals surface area contributed by atoms with E-state index < -0.39 is 0 Å². The second kappa shape index (κ2) is 2.92. The predicted molar refractivity (Wildman–Crippen MR) is 60.6 cm³/mol. The van der Waals surface area contributed by atoms with Crippen LogP contribution in [0.5, 0.6) is 0 Å². The highest BCUT2D eigenvalue weighted by Crippen LogP contribution is 2.16. The maximum atomic E-state index is 4.34. The van der Waals surface area contributed by atoms with Gasteiger partial charge in [0.2, 0.25) is 0 Å². The molecule has 2 aromatic heterocycles. The summed E-state index contributed by atoms with van der Waals surface area (Å²) in [5.74, 6) is 0. The van der Waals surface area contributed by atoms with Crippen molar-refractivity contribution in [1.82, 2.24) is 14.4 Å². The molecule has 15 heavy (non-hydrogen) atoms. The van der Waals surface area contributed by atoms with Crippen LogP contribution in [0.15, 0.2) is 43.4 Å². The molecule has 0 aliphatic rings. The van der Waals surface area contributed by atoms with Crippen LogP contribution in [0.1, 0.15) is 5.56 Å². The summed E-state index contributed by atoms with van der Waals surface area (Å²) in [7, 11) is 0. The molecule has 0 aliphatic heterocycles. The molecule has 3 rings (SSSR count). The van der Waals surface area contributed by atoms with Crippen LogP contribution in [0, 0.1) is 0 Å². The number of aromatic nitrogens is 3. The average Bonchev–Trinajstić information content (AvgIpc) is 2.76. The molecule has 0 aliphatic carbocycles. The minimum absolute atomic E-state index is 0.865. The van der Waals surface area contributed by atoms with Gasteiger partial charge in [0.05, 0.1) is 17.2 Å². The van der Waals surface area contributed by atoms with Crippen LogP contribution in [0.25, 0.3) is 22.8 Å². The Morgan fingerprint density at radius 1 is 1.27 bits per heavy atom. The second-order valence-electron chi connectivity index (χ2n) is 3.37. The number of hydrogen-bond acceptors (Lipinski definition) is 2. The van der Waals surface area contributed by atoms with Gasteiger partial charge in [-0.3, -0.25) is 9.38 Å². The highest BCUT2D eigenvalue weighted by atomic mass is 15.0. The molecule has 3 aromatic rings. The number of hydrogen-bond donors (Lipinski definition) is 0. The molecule has 0 saturated heterocycles. The van der Waals surface area contributed by atoms with Gasteiger partial charge in [-0.1, -0.05) is 18.7 Å². The van der Waals surface area contributed by atoms with E-state index in [1.807, 2.05) is 28.8 Å². The molecule has 0 fully saturated rings. The fraction of sp³-hybridized carbons (Fsp3) is 0. The molecule has 0 atom stereocenters. The van der Waals surface area contributed by atoms with Crippen molar-refractivity contribution in [2.75, 3.05) is 0 Å². The Bertz CT molecular complexity index is 652. The zero-order chi connectivity index (χ0) is 10.3. The summed E-state index contributed by atoms with van der Waals surface area (Å²) in [5.41, 5.74) is 3.97. The van der Waals surface area contributed by atoms with E-state index in [2.05, 4.69) is 22.6 Å². The van der Waals surface area contributed by atoms with Gasteiger partial charge in [0.1, 0.15) is 0 Å². The monoisotopic (exact) mass is 195 g/mol. The third-order valence-corrected chi connectivity index (χ3v) is 2.48. The second-order valence-corrected chi connectivity index (χ2v) is 3.37. The number of nitrogens with zero attached hydrogens (tertiary/aromatic N) is 3. The first-order chi connectivity index (χ1) is 7.38. The fourth-order valence-corrected chi connectivity index (χ4v) is 1.71. The smallest absolute Gasteiger partial charge is 0.155 e. The lowest BCUT2D eigenvalue weighted by atomic mass is 10.2. The topological polar surface area (TPSA) is 30.2 Å². The van der Waals surface area contributed by atoms with Gasteiger partial charge in [-0.15, -0.1) is 0 Å². The van der Waals surface area contributed by atoms with Crippen molar-refractivity contribution in [1.29, 1.82) is 0 Å². The predicted octanol–water partition coefficient (Wildman–Crippen LogP) is 2.53. The van der Waals surface area contributed by atoms with Gasteiger partial charge >= 0.3 is 0 Å². The van der Waals surface area contributed by atoms with E-state index in [4.69, 9.17) is 0 Å². The Labute approximate surface area is 86.7 Å². The molecule has 0 unspecified atom stereocenters. The first-order valence-corrected chi connectivity index (χ1v) is 4.73. The lowest BCUT2D eigenvalue weighted by Gasteiger charge is -2.02. The van der Waals surface area contributed by atoms with E-state index in [9.17, 15) is 0 Å². The SMILES string of the molecule is C=Cc1ccc2ncc3nccn3c2c1. The molecule has 3 nitrogen and oxygen atoms in total. The summed E-state index contributed by atoms with van der Waals surface area (Å²) in [6.45, 7) is 3.76. The Morgan fingerprint density at radius 2 is 2.20 bits per heavy atom. The van der Waals surface area contributed by atoms with Crippen LogP contribution >= 0.6 is 0 Å². The zero-order valence-electron chi connectivity index (χ0n) is 8.09. The summed E-state index contributed by atoms with van der Waals surface area (Å²) in [5, 5.41) is 0. The Kier molecular flexibility index (Phi) is 1.59. The normalized spacial score (nSPS) is 10.9. The van der Waals surface area contributed by atoms with Crippen LogP contribution < -0.4 is 0 Å². The molecule has 0 saturated carbocycles. The highest BCUT2D eigenvalue weighted by molar-refractivity contribution is 5.79. The number of fused-ring (bicyclic) bond motifs is 3. The Morgan fingerprint density at radius 3 is 3.07 bits per heavy atom. The van der Waals surface area contributed by atoms with E-state index in [1.165, 1.54) is 0 Å². The molecule has 72 valence electrons. The number of benzene rings is 1. The average molecular weight is 195 g/mol. The summed E-state index contributed by atoms with van der Waals surface area (Å²) >= 11 is 0. The number of rotatable bonds is 1. The van der Waals surface area contributed by atoms with Crippen LogP contribution in [-0.4, -0.2) is 14.4 Å². The quantitative estimate of drug-likeness (QED) is 0.597. The third-order valence-electron chi connectivity index (χ3n) is 2.48. The van der Waals surface area contributed by atoms with Gasteiger partial charge < -0.3 is 0 Å². The van der Waals surface area contributed by atoms with Gasteiger partial charge in [0.15, 0.2) is 5.65 Å². The standard InChI is InChI=1S/C12H9N3/c1-2-9-3-4-10-11(7-9)15-6-5-13-12(15)8-14-10/h2-8H,1H2. The van der Waals surface area contributed by atoms with Gasteiger partial charge in [0.25, 0.3) is 0 Å². The van der Waals surface area contributed by atoms with Crippen LogP contribution in [0.4, 0.5) is 0 Å². The zero-order valence-corrected chi connectivity index (χ0v) is 8.09. The van der Waals surface area contributed by atoms with Crippen LogP contribution in [0.3, 0.4) is 0 Å². The van der Waals surface area contributed by atoms with Crippen LogP contribution in [0.2, 0.25) is 0 Å². The molecule has 0 spiro atoms. The lowest BCUT2D eigenvalue weighted by Crippen LogP contribution is -1.90. The maximum absolute atomic E-state index is 4.34. The molecular formula is C12H9N3. The van der Waals surface area contributed by atoms with Gasteiger partial charge in [0, 0.05) is 12.4 Å². The summed E-state index contributed by atoms with van der Waals surface area (Å²) in [4.78, 5) is 8.54. The van der Waals surface area contributed by atoms with Crippen molar-refractivity contribution < 1.29 is 0 Å². The van der Waals surface area contributed by atoms with Crippen molar-refractivity contribution in [3.8, 4) is 0 Å². The Balaban J connectivity index is 2.53.